The quantitative estimate of drug-likeness (QED) is 0.867. The van der Waals surface area contributed by atoms with Crippen LogP contribution in [0.3, 0.4) is 0 Å². The summed E-state index contributed by atoms with van der Waals surface area (Å²) in [5.41, 5.74) is 0.658. The predicted octanol–water partition coefficient (Wildman–Crippen LogP) is 3.72. The van der Waals surface area contributed by atoms with Gasteiger partial charge in [0.15, 0.2) is 11.5 Å². The van der Waals surface area contributed by atoms with Crippen LogP contribution in [0.4, 0.5) is 10.1 Å². The van der Waals surface area contributed by atoms with Crippen LogP contribution in [0.5, 0.6) is 11.5 Å². The van der Waals surface area contributed by atoms with E-state index >= 15 is 0 Å². The zero-order chi connectivity index (χ0) is 16.2. The lowest BCUT2D eigenvalue weighted by atomic mass is 10.2. The molecule has 3 rings (SSSR count). The molecular weight excluding hydrogens is 317 g/mol. The molecule has 0 fully saturated rings. The fourth-order valence-electron chi connectivity index (χ4n) is 2.14. The third kappa shape index (κ3) is 3.96. The van der Waals surface area contributed by atoms with E-state index in [2.05, 4.69) is 5.32 Å². The molecule has 0 saturated heterocycles. The minimum absolute atomic E-state index is 0.129. The van der Waals surface area contributed by atoms with Gasteiger partial charge in [-0.1, -0.05) is 0 Å². The van der Waals surface area contributed by atoms with Crippen LogP contribution in [-0.4, -0.2) is 24.4 Å². The topological polar surface area (TPSA) is 47.6 Å². The van der Waals surface area contributed by atoms with Gasteiger partial charge in [-0.05, 0) is 43.3 Å². The summed E-state index contributed by atoms with van der Waals surface area (Å²) in [5, 5.41) is 2.54. The number of amides is 1. The second-order valence-corrected chi connectivity index (χ2v) is 6.48. The Morgan fingerprint density at radius 2 is 1.83 bits per heavy atom. The lowest BCUT2D eigenvalue weighted by Crippen LogP contribution is -2.22. The number of hydrogen-bond donors (Lipinski definition) is 1. The molecule has 1 heterocycles. The third-order valence-electron chi connectivity index (χ3n) is 3.31. The molecule has 0 spiro atoms. The highest BCUT2D eigenvalue weighted by molar-refractivity contribution is 8.00. The summed E-state index contributed by atoms with van der Waals surface area (Å²) in [4.78, 5) is 13.1. The average Bonchev–Trinajstić information content (AvgIpc) is 2.56. The Bertz CT molecular complexity index is 705. The number of nitrogens with one attached hydrogen (secondary N) is 1. The van der Waals surface area contributed by atoms with Crippen molar-refractivity contribution in [1.82, 2.24) is 0 Å². The smallest absolute Gasteiger partial charge is 0.237 e. The van der Waals surface area contributed by atoms with E-state index in [1.807, 2.05) is 0 Å². The van der Waals surface area contributed by atoms with Gasteiger partial charge in [-0.25, -0.2) is 4.39 Å². The predicted molar refractivity (Wildman–Crippen MR) is 87.8 cm³/mol. The van der Waals surface area contributed by atoms with Gasteiger partial charge in [0.05, 0.1) is 5.25 Å². The van der Waals surface area contributed by atoms with E-state index in [0.717, 1.165) is 4.90 Å². The molecule has 1 aliphatic rings. The van der Waals surface area contributed by atoms with Crippen LogP contribution in [0.1, 0.15) is 6.92 Å². The van der Waals surface area contributed by atoms with Crippen LogP contribution in [0, 0.1) is 5.82 Å². The van der Waals surface area contributed by atoms with E-state index in [1.165, 1.54) is 23.9 Å². The van der Waals surface area contributed by atoms with Crippen molar-refractivity contribution in [1.29, 1.82) is 0 Å². The van der Waals surface area contributed by atoms with Crippen molar-refractivity contribution in [3.63, 3.8) is 0 Å². The second kappa shape index (κ2) is 6.91. The van der Waals surface area contributed by atoms with E-state index in [-0.39, 0.29) is 17.0 Å². The van der Waals surface area contributed by atoms with E-state index in [1.54, 1.807) is 37.3 Å². The average molecular weight is 333 g/mol. The number of halogens is 1. The van der Waals surface area contributed by atoms with Gasteiger partial charge >= 0.3 is 0 Å². The standard InChI is InChI=1S/C17H16FNO3S/c1-11(23-14-5-2-12(18)3-6-14)17(20)19-13-4-7-15-16(10-13)22-9-8-21-15/h2-7,10-11H,8-9H2,1H3,(H,19,20)/t11-/m1/s1. The van der Waals surface area contributed by atoms with Crippen molar-refractivity contribution < 1.29 is 18.7 Å². The van der Waals surface area contributed by atoms with Crippen molar-refractivity contribution in [3.05, 3.63) is 48.3 Å². The lowest BCUT2D eigenvalue weighted by molar-refractivity contribution is -0.115. The van der Waals surface area contributed by atoms with E-state index < -0.39 is 0 Å². The molecule has 4 nitrogen and oxygen atoms in total. The maximum absolute atomic E-state index is 12.9. The van der Waals surface area contributed by atoms with Crippen molar-refractivity contribution in [2.45, 2.75) is 17.1 Å². The molecular formula is C17H16FNO3S. The summed E-state index contributed by atoms with van der Waals surface area (Å²) < 4.78 is 23.8. The van der Waals surface area contributed by atoms with Crippen LogP contribution < -0.4 is 14.8 Å². The molecule has 0 bridgehead atoms. The summed E-state index contributed by atoms with van der Waals surface area (Å²) >= 11 is 1.37. The van der Waals surface area contributed by atoms with Crippen molar-refractivity contribution >= 4 is 23.4 Å². The number of anilines is 1. The molecule has 0 radical (unpaired) electrons. The summed E-state index contributed by atoms with van der Waals surface area (Å²) in [5.74, 6) is 0.898. The first-order chi connectivity index (χ1) is 11.1. The van der Waals surface area contributed by atoms with E-state index in [9.17, 15) is 9.18 Å². The van der Waals surface area contributed by atoms with E-state index in [4.69, 9.17) is 9.47 Å². The Hall–Kier alpha value is -2.21. The Morgan fingerprint density at radius 1 is 1.13 bits per heavy atom. The number of carbonyl (C=O) groups is 1. The Kier molecular flexibility index (Phi) is 4.71. The van der Waals surface area contributed by atoms with Crippen LogP contribution in [-0.2, 0) is 4.79 Å². The summed E-state index contributed by atoms with van der Waals surface area (Å²) in [7, 11) is 0. The van der Waals surface area contributed by atoms with Gasteiger partial charge in [0.25, 0.3) is 0 Å². The molecule has 0 saturated carbocycles. The van der Waals surface area contributed by atoms with Gasteiger partial charge in [0, 0.05) is 16.6 Å². The van der Waals surface area contributed by atoms with Crippen LogP contribution in [0.25, 0.3) is 0 Å². The molecule has 0 aromatic heterocycles. The third-order valence-corrected chi connectivity index (χ3v) is 4.42. The molecule has 2 aromatic carbocycles. The van der Waals surface area contributed by atoms with Crippen LogP contribution in [0.2, 0.25) is 0 Å². The molecule has 120 valence electrons. The zero-order valence-corrected chi connectivity index (χ0v) is 13.4. The van der Waals surface area contributed by atoms with Crippen molar-refractivity contribution in [2.24, 2.45) is 0 Å². The monoisotopic (exact) mass is 333 g/mol. The van der Waals surface area contributed by atoms with Crippen LogP contribution in [0.15, 0.2) is 47.4 Å². The Balaban J connectivity index is 1.63. The fourth-order valence-corrected chi connectivity index (χ4v) is 3.00. The first kappa shape index (κ1) is 15.7. The molecule has 23 heavy (non-hydrogen) atoms. The Labute approximate surface area is 138 Å². The van der Waals surface area contributed by atoms with Crippen molar-refractivity contribution in [3.8, 4) is 11.5 Å². The van der Waals surface area contributed by atoms with Gasteiger partial charge in [-0.3, -0.25) is 4.79 Å². The van der Waals surface area contributed by atoms with Gasteiger partial charge in [0.2, 0.25) is 5.91 Å². The minimum Gasteiger partial charge on any atom is -0.486 e. The number of fused-ring (bicyclic) bond motifs is 1. The van der Waals surface area contributed by atoms with E-state index in [0.29, 0.717) is 30.4 Å². The largest absolute Gasteiger partial charge is 0.486 e. The number of thioether (sulfide) groups is 1. The number of carbonyl (C=O) groups excluding carboxylic acids is 1. The highest BCUT2D eigenvalue weighted by Gasteiger charge is 2.17. The maximum atomic E-state index is 12.9. The number of hydrogen-bond acceptors (Lipinski definition) is 4. The number of ether oxygens (including phenoxy) is 2. The zero-order valence-electron chi connectivity index (χ0n) is 12.5. The summed E-state index contributed by atoms with van der Waals surface area (Å²) in [6, 6.07) is 11.4. The second-order valence-electron chi connectivity index (χ2n) is 5.06. The highest BCUT2D eigenvalue weighted by Crippen LogP contribution is 2.33. The number of rotatable bonds is 4. The highest BCUT2D eigenvalue weighted by atomic mass is 32.2. The molecule has 6 heteroatoms. The fraction of sp³-hybridized carbons (Fsp3) is 0.235. The van der Waals surface area contributed by atoms with Crippen LogP contribution >= 0.6 is 11.8 Å². The van der Waals surface area contributed by atoms with Crippen molar-refractivity contribution in [2.75, 3.05) is 18.5 Å². The van der Waals surface area contributed by atoms with Gasteiger partial charge < -0.3 is 14.8 Å². The minimum atomic E-state index is -0.311. The summed E-state index contributed by atoms with van der Waals surface area (Å²) in [6.45, 7) is 2.84. The molecule has 1 atom stereocenters. The molecule has 0 aliphatic carbocycles. The van der Waals surface area contributed by atoms with Gasteiger partial charge in [-0.15, -0.1) is 11.8 Å². The van der Waals surface area contributed by atoms with Gasteiger partial charge in [0.1, 0.15) is 19.0 Å². The molecule has 2 aromatic rings. The van der Waals surface area contributed by atoms with Gasteiger partial charge in [-0.2, -0.15) is 0 Å². The maximum Gasteiger partial charge on any atom is 0.237 e. The normalized spacial score (nSPS) is 14.2. The molecule has 1 N–H and O–H groups in total. The first-order valence-corrected chi connectivity index (χ1v) is 8.12. The number of benzene rings is 2. The first-order valence-electron chi connectivity index (χ1n) is 7.24. The Morgan fingerprint density at radius 3 is 2.57 bits per heavy atom. The molecule has 1 aliphatic heterocycles. The lowest BCUT2D eigenvalue weighted by Gasteiger charge is -2.19. The molecule has 0 unspecified atom stereocenters. The molecule has 1 amide bonds. The summed E-state index contributed by atoms with van der Waals surface area (Å²) in [6.07, 6.45) is 0. The SMILES string of the molecule is C[C@@H](Sc1ccc(F)cc1)C(=O)Nc1ccc2c(c1)OCCO2.